The summed E-state index contributed by atoms with van der Waals surface area (Å²) in [6, 6.07) is 7.69. The zero-order chi connectivity index (χ0) is 15.9. The molecule has 0 fully saturated rings. The van der Waals surface area contributed by atoms with Crippen LogP contribution in [0.15, 0.2) is 24.3 Å². The molecule has 0 bridgehead atoms. The maximum absolute atomic E-state index is 11.7. The first-order chi connectivity index (χ1) is 9.80. The van der Waals surface area contributed by atoms with E-state index in [1.807, 2.05) is 45.0 Å². The number of methoxy groups -OCH3 is 1. The van der Waals surface area contributed by atoms with Crippen molar-refractivity contribution in [1.82, 2.24) is 10.6 Å². The van der Waals surface area contributed by atoms with Gasteiger partial charge in [0.05, 0.1) is 7.11 Å². The molecule has 0 saturated carbocycles. The Hall–Kier alpha value is -2.04. The Bertz CT molecular complexity index is 493. The number of carbonyl (C=O) groups excluding carboxylic acids is 2. The van der Waals surface area contributed by atoms with Gasteiger partial charge in [-0.05, 0) is 44.9 Å². The summed E-state index contributed by atoms with van der Waals surface area (Å²) in [6.07, 6.45) is 0.555. The van der Waals surface area contributed by atoms with Gasteiger partial charge in [0.1, 0.15) is 12.2 Å². The summed E-state index contributed by atoms with van der Waals surface area (Å²) in [5.74, 6) is 0.268. The van der Waals surface area contributed by atoms with E-state index in [4.69, 9.17) is 4.74 Å². The van der Waals surface area contributed by atoms with Gasteiger partial charge in [-0.2, -0.15) is 0 Å². The number of rotatable bonds is 6. The van der Waals surface area contributed by atoms with E-state index in [0.29, 0.717) is 13.0 Å². The third-order valence-corrected chi connectivity index (χ3v) is 2.71. The number of hydrogen-bond donors (Lipinski definition) is 2. The van der Waals surface area contributed by atoms with Crippen LogP contribution in [0.4, 0.5) is 0 Å². The van der Waals surface area contributed by atoms with Crippen LogP contribution < -0.4 is 15.4 Å². The third-order valence-electron chi connectivity index (χ3n) is 2.71. The van der Waals surface area contributed by atoms with Crippen LogP contribution in [0.25, 0.3) is 0 Å². The van der Waals surface area contributed by atoms with Gasteiger partial charge in [-0.1, -0.05) is 12.1 Å². The van der Waals surface area contributed by atoms with Gasteiger partial charge in [-0.15, -0.1) is 0 Å². The molecule has 116 valence electrons. The average molecular weight is 292 g/mol. The molecule has 5 nitrogen and oxygen atoms in total. The van der Waals surface area contributed by atoms with Crippen molar-refractivity contribution in [2.24, 2.45) is 0 Å². The maximum atomic E-state index is 11.7. The predicted molar refractivity (Wildman–Crippen MR) is 82.2 cm³/mol. The van der Waals surface area contributed by atoms with Gasteiger partial charge in [0.15, 0.2) is 0 Å². The molecule has 0 aliphatic heterocycles. The molecular weight excluding hydrogens is 268 g/mol. The standard InChI is InChI=1S/C16H24N2O3/c1-16(2,3)18-15(20)11-14(19)17-9-8-12-6-5-7-13(10-12)21-4/h5-7,10H,8-9,11H2,1-4H3,(H,17,19)(H,18,20). The summed E-state index contributed by atoms with van der Waals surface area (Å²) in [5, 5.41) is 5.50. The number of nitrogens with one attached hydrogen (secondary N) is 2. The molecule has 2 N–H and O–H groups in total. The Morgan fingerprint density at radius 1 is 1.19 bits per heavy atom. The normalized spacial score (nSPS) is 10.9. The Labute approximate surface area is 126 Å². The van der Waals surface area contributed by atoms with Crippen LogP contribution in [0.3, 0.4) is 0 Å². The van der Waals surface area contributed by atoms with Crippen molar-refractivity contribution < 1.29 is 14.3 Å². The van der Waals surface area contributed by atoms with E-state index >= 15 is 0 Å². The van der Waals surface area contributed by atoms with E-state index in [2.05, 4.69) is 10.6 Å². The number of hydrogen-bond acceptors (Lipinski definition) is 3. The van der Waals surface area contributed by atoms with Crippen LogP contribution in [-0.2, 0) is 16.0 Å². The minimum atomic E-state index is -0.321. The fraction of sp³-hybridized carbons (Fsp3) is 0.500. The molecule has 0 aliphatic carbocycles. The lowest BCUT2D eigenvalue weighted by Crippen LogP contribution is -2.42. The number of amides is 2. The van der Waals surface area contributed by atoms with Crippen LogP contribution in [-0.4, -0.2) is 31.0 Å². The second-order valence-corrected chi connectivity index (χ2v) is 5.93. The number of ether oxygens (including phenoxy) is 1. The second-order valence-electron chi connectivity index (χ2n) is 5.93. The van der Waals surface area contributed by atoms with Gasteiger partial charge in [0.25, 0.3) is 0 Å². The van der Waals surface area contributed by atoms with E-state index in [-0.39, 0.29) is 23.8 Å². The molecule has 0 aromatic heterocycles. The first-order valence-corrected chi connectivity index (χ1v) is 7.01. The summed E-state index contributed by atoms with van der Waals surface area (Å²) < 4.78 is 5.14. The van der Waals surface area contributed by atoms with Crippen LogP contribution in [0, 0.1) is 0 Å². The van der Waals surface area contributed by atoms with Gasteiger partial charge in [-0.3, -0.25) is 9.59 Å². The molecule has 0 aliphatic rings. The molecule has 0 atom stereocenters. The van der Waals surface area contributed by atoms with Crippen molar-refractivity contribution in [3.8, 4) is 5.75 Å². The number of carbonyl (C=O) groups is 2. The molecule has 21 heavy (non-hydrogen) atoms. The van der Waals surface area contributed by atoms with E-state index in [0.717, 1.165) is 11.3 Å². The highest BCUT2D eigenvalue weighted by atomic mass is 16.5. The quantitative estimate of drug-likeness (QED) is 0.784. The van der Waals surface area contributed by atoms with Crippen LogP contribution >= 0.6 is 0 Å². The molecular formula is C16H24N2O3. The average Bonchev–Trinajstić information content (AvgIpc) is 2.36. The van der Waals surface area contributed by atoms with Gasteiger partial charge in [0, 0.05) is 12.1 Å². The smallest absolute Gasteiger partial charge is 0.229 e. The lowest BCUT2D eigenvalue weighted by Gasteiger charge is -2.20. The van der Waals surface area contributed by atoms with Gasteiger partial charge in [-0.25, -0.2) is 0 Å². The minimum absolute atomic E-state index is 0.143. The van der Waals surface area contributed by atoms with E-state index < -0.39 is 0 Å². The lowest BCUT2D eigenvalue weighted by atomic mass is 10.1. The Kier molecular flexibility index (Phi) is 6.21. The van der Waals surface area contributed by atoms with E-state index in [1.54, 1.807) is 7.11 Å². The highest BCUT2D eigenvalue weighted by Crippen LogP contribution is 2.12. The van der Waals surface area contributed by atoms with Crippen molar-refractivity contribution in [3.05, 3.63) is 29.8 Å². The van der Waals surface area contributed by atoms with E-state index in [9.17, 15) is 9.59 Å². The van der Waals surface area contributed by atoms with Crippen molar-refractivity contribution in [1.29, 1.82) is 0 Å². The summed E-state index contributed by atoms with van der Waals surface area (Å²) in [5.41, 5.74) is 0.756. The first kappa shape index (κ1) is 17.0. The van der Waals surface area contributed by atoms with Gasteiger partial charge in [0.2, 0.25) is 11.8 Å². The zero-order valence-corrected chi connectivity index (χ0v) is 13.2. The van der Waals surface area contributed by atoms with Crippen LogP contribution in [0.2, 0.25) is 0 Å². The molecule has 0 saturated heterocycles. The molecule has 1 aromatic carbocycles. The summed E-state index contributed by atoms with van der Waals surface area (Å²) in [6.45, 7) is 6.14. The van der Waals surface area contributed by atoms with Gasteiger partial charge < -0.3 is 15.4 Å². The molecule has 0 spiro atoms. The lowest BCUT2D eigenvalue weighted by molar-refractivity contribution is -0.130. The molecule has 0 radical (unpaired) electrons. The summed E-state index contributed by atoms with van der Waals surface area (Å²) in [4.78, 5) is 23.3. The molecule has 5 heteroatoms. The second kappa shape index (κ2) is 7.67. The van der Waals surface area contributed by atoms with Crippen LogP contribution in [0.5, 0.6) is 5.75 Å². The molecule has 0 unspecified atom stereocenters. The van der Waals surface area contributed by atoms with Crippen molar-refractivity contribution in [2.75, 3.05) is 13.7 Å². The van der Waals surface area contributed by atoms with Crippen molar-refractivity contribution in [3.63, 3.8) is 0 Å². The Morgan fingerprint density at radius 3 is 2.52 bits per heavy atom. The summed E-state index contributed by atoms with van der Waals surface area (Å²) in [7, 11) is 1.62. The predicted octanol–water partition coefficient (Wildman–Crippen LogP) is 1.66. The number of benzene rings is 1. The molecule has 0 heterocycles. The van der Waals surface area contributed by atoms with Crippen molar-refractivity contribution in [2.45, 2.75) is 39.2 Å². The summed E-state index contributed by atoms with van der Waals surface area (Å²) >= 11 is 0. The molecule has 1 rings (SSSR count). The SMILES string of the molecule is COc1cccc(CCNC(=O)CC(=O)NC(C)(C)C)c1. The topological polar surface area (TPSA) is 67.4 Å². The molecule has 2 amide bonds. The monoisotopic (exact) mass is 292 g/mol. The maximum Gasteiger partial charge on any atom is 0.229 e. The Morgan fingerprint density at radius 2 is 1.90 bits per heavy atom. The fourth-order valence-corrected chi connectivity index (χ4v) is 1.85. The van der Waals surface area contributed by atoms with Crippen LogP contribution in [0.1, 0.15) is 32.8 Å². The fourth-order valence-electron chi connectivity index (χ4n) is 1.85. The largest absolute Gasteiger partial charge is 0.497 e. The van der Waals surface area contributed by atoms with E-state index in [1.165, 1.54) is 0 Å². The Balaban J connectivity index is 2.31. The minimum Gasteiger partial charge on any atom is -0.497 e. The third kappa shape index (κ3) is 7.34. The highest BCUT2D eigenvalue weighted by molar-refractivity contribution is 5.97. The van der Waals surface area contributed by atoms with Crippen molar-refractivity contribution >= 4 is 11.8 Å². The zero-order valence-electron chi connectivity index (χ0n) is 13.2. The highest BCUT2D eigenvalue weighted by Gasteiger charge is 2.16. The van der Waals surface area contributed by atoms with Gasteiger partial charge >= 0.3 is 0 Å². The first-order valence-electron chi connectivity index (χ1n) is 7.01. The molecule has 1 aromatic rings.